The second-order valence-corrected chi connectivity index (χ2v) is 5.56. The lowest BCUT2D eigenvalue weighted by Gasteiger charge is -2.16. The summed E-state index contributed by atoms with van der Waals surface area (Å²) in [5, 5.41) is 0.554. The summed E-state index contributed by atoms with van der Waals surface area (Å²) in [6.45, 7) is 1.57. The average Bonchev–Trinajstić information content (AvgIpc) is 2.33. The van der Waals surface area contributed by atoms with Gasteiger partial charge in [-0.05, 0) is 36.2 Å². The minimum Gasteiger partial charge on any atom is -0.320 e. The third-order valence-electron chi connectivity index (χ3n) is 2.91. The van der Waals surface area contributed by atoms with E-state index in [1.54, 1.807) is 25.1 Å². The fourth-order valence-corrected chi connectivity index (χ4v) is 2.77. The zero-order chi connectivity index (χ0) is 14.2. The highest BCUT2D eigenvalue weighted by molar-refractivity contribution is 9.10. The highest BCUT2D eigenvalue weighted by Gasteiger charge is 2.18. The summed E-state index contributed by atoms with van der Waals surface area (Å²) < 4.78 is 27.8. The first-order valence-corrected chi connectivity index (χ1v) is 6.73. The molecule has 100 valence electrons. The number of hydrogen-bond donors (Lipinski definition) is 1. The average molecular weight is 347 g/mol. The SMILES string of the molecule is Cc1cc(C(N)c2ccc(Cl)cc2Br)c(F)cc1F. The molecule has 1 unspecified atom stereocenters. The summed E-state index contributed by atoms with van der Waals surface area (Å²) in [4.78, 5) is 0. The van der Waals surface area contributed by atoms with Crippen LogP contribution in [0.3, 0.4) is 0 Å². The fraction of sp³-hybridized carbons (Fsp3) is 0.143. The summed E-state index contributed by atoms with van der Waals surface area (Å²) in [6.07, 6.45) is 0. The molecule has 0 aliphatic rings. The van der Waals surface area contributed by atoms with Crippen LogP contribution in [0, 0.1) is 18.6 Å². The lowest BCUT2D eigenvalue weighted by Crippen LogP contribution is -2.15. The van der Waals surface area contributed by atoms with Gasteiger partial charge in [-0.15, -0.1) is 0 Å². The van der Waals surface area contributed by atoms with E-state index in [0.717, 1.165) is 6.07 Å². The first-order valence-electron chi connectivity index (χ1n) is 5.56. The predicted octanol–water partition coefficient (Wildman–Crippen LogP) is 4.74. The van der Waals surface area contributed by atoms with Gasteiger partial charge in [-0.2, -0.15) is 0 Å². The Bertz CT molecular complexity index is 631. The molecule has 1 atom stereocenters. The molecule has 0 bridgehead atoms. The minimum atomic E-state index is -0.689. The molecule has 2 aromatic rings. The zero-order valence-electron chi connectivity index (χ0n) is 10.1. The molecule has 2 N–H and O–H groups in total. The Morgan fingerprint density at radius 3 is 2.42 bits per heavy atom. The Morgan fingerprint density at radius 1 is 1.11 bits per heavy atom. The van der Waals surface area contributed by atoms with Gasteiger partial charge in [-0.25, -0.2) is 8.78 Å². The van der Waals surface area contributed by atoms with Crippen LogP contribution in [0.4, 0.5) is 8.78 Å². The molecule has 5 heteroatoms. The van der Waals surface area contributed by atoms with E-state index in [-0.39, 0.29) is 5.56 Å². The van der Waals surface area contributed by atoms with Crippen molar-refractivity contribution in [3.8, 4) is 0 Å². The molecule has 1 nitrogen and oxygen atoms in total. The first-order chi connectivity index (χ1) is 8.90. The molecule has 0 amide bonds. The molecule has 0 heterocycles. The summed E-state index contributed by atoms with van der Waals surface area (Å²) >= 11 is 9.19. The third-order valence-corrected chi connectivity index (χ3v) is 3.83. The van der Waals surface area contributed by atoms with Crippen molar-refractivity contribution in [3.05, 3.63) is 68.2 Å². The van der Waals surface area contributed by atoms with Crippen LogP contribution in [0.2, 0.25) is 5.02 Å². The van der Waals surface area contributed by atoms with Crippen molar-refractivity contribution in [2.45, 2.75) is 13.0 Å². The molecular weight excluding hydrogens is 336 g/mol. The zero-order valence-corrected chi connectivity index (χ0v) is 12.4. The lowest BCUT2D eigenvalue weighted by molar-refractivity contribution is 0.560. The van der Waals surface area contributed by atoms with Gasteiger partial charge in [0.15, 0.2) is 0 Å². The molecule has 0 aliphatic carbocycles. The van der Waals surface area contributed by atoms with Crippen molar-refractivity contribution < 1.29 is 8.78 Å². The Kier molecular flexibility index (Phi) is 4.23. The standard InChI is InChI=1S/C14H11BrClF2N/c1-7-4-10(13(18)6-12(7)17)14(19)9-3-2-8(16)5-11(9)15/h2-6,14H,19H2,1H3. The monoisotopic (exact) mass is 345 g/mol. The molecule has 2 aromatic carbocycles. The molecule has 2 rings (SSSR count). The Hall–Kier alpha value is -0.970. The summed E-state index contributed by atoms with van der Waals surface area (Å²) in [5.41, 5.74) is 7.35. The van der Waals surface area contributed by atoms with Crippen LogP contribution in [0.5, 0.6) is 0 Å². The second-order valence-electron chi connectivity index (χ2n) is 4.27. The Balaban J connectivity index is 2.49. The van der Waals surface area contributed by atoms with E-state index in [1.807, 2.05) is 0 Å². The minimum absolute atomic E-state index is 0.252. The fourth-order valence-electron chi connectivity index (χ4n) is 1.84. The van der Waals surface area contributed by atoms with Crippen molar-refractivity contribution in [1.82, 2.24) is 0 Å². The van der Waals surface area contributed by atoms with Crippen molar-refractivity contribution >= 4 is 27.5 Å². The van der Waals surface area contributed by atoms with Crippen molar-refractivity contribution in [2.75, 3.05) is 0 Å². The van der Waals surface area contributed by atoms with Gasteiger partial charge >= 0.3 is 0 Å². The van der Waals surface area contributed by atoms with Gasteiger partial charge in [0.05, 0.1) is 6.04 Å². The highest BCUT2D eigenvalue weighted by atomic mass is 79.9. The first kappa shape index (κ1) is 14.4. The van der Waals surface area contributed by atoms with Gasteiger partial charge in [0.1, 0.15) is 11.6 Å². The predicted molar refractivity (Wildman–Crippen MR) is 76.3 cm³/mol. The van der Waals surface area contributed by atoms with Gasteiger partial charge in [-0.1, -0.05) is 33.6 Å². The van der Waals surface area contributed by atoms with Crippen molar-refractivity contribution in [2.24, 2.45) is 5.73 Å². The van der Waals surface area contributed by atoms with E-state index >= 15 is 0 Å². The normalized spacial score (nSPS) is 12.5. The van der Waals surface area contributed by atoms with Crippen LogP contribution >= 0.6 is 27.5 Å². The molecule has 0 aliphatic heterocycles. The molecular formula is C14H11BrClF2N. The number of benzene rings is 2. The molecule has 0 radical (unpaired) electrons. The van der Waals surface area contributed by atoms with E-state index < -0.39 is 17.7 Å². The van der Waals surface area contributed by atoms with E-state index in [4.69, 9.17) is 17.3 Å². The summed E-state index contributed by atoms with van der Waals surface area (Å²) in [5.74, 6) is -1.24. The molecule has 0 saturated heterocycles. The largest absolute Gasteiger partial charge is 0.320 e. The molecule has 0 spiro atoms. The maximum absolute atomic E-state index is 13.8. The van der Waals surface area contributed by atoms with E-state index in [1.165, 1.54) is 6.07 Å². The van der Waals surface area contributed by atoms with Crippen molar-refractivity contribution in [1.29, 1.82) is 0 Å². The summed E-state index contributed by atoms with van der Waals surface area (Å²) in [6, 6.07) is 6.67. The van der Waals surface area contributed by atoms with E-state index in [2.05, 4.69) is 15.9 Å². The van der Waals surface area contributed by atoms with Gasteiger partial charge in [0, 0.05) is 21.1 Å². The molecule has 0 saturated carbocycles. The maximum Gasteiger partial charge on any atom is 0.131 e. The van der Waals surface area contributed by atoms with Gasteiger partial charge in [-0.3, -0.25) is 0 Å². The number of hydrogen-bond acceptors (Lipinski definition) is 1. The van der Waals surface area contributed by atoms with Gasteiger partial charge < -0.3 is 5.73 Å². The topological polar surface area (TPSA) is 26.0 Å². The maximum atomic E-state index is 13.8. The molecule has 0 fully saturated rings. The quantitative estimate of drug-likeness (QED) is 0.835. The van der Waals surface area contributed by atoms with Crippen LogP contribution in [0.1, 0.15) is 22.7 Å². The Labute approximate surface area is 123 Å². The lowest BCUT2D eigenvalue weighted by atomic mass is 9.97. The van der Waals surface area contributed by atoms with Crippen LogP contribution in [-0.4, -0.2) is 0 Å². The van der Waals surface area contributed by atoms with Gasteiger partial charge in [0.25, 0.3) is 0 Å². The van der Waals surface area contributed by atoms with Crippen LogP contribution in [-0.2, 0) is 0 Å². The third kappa shape index (κ3) is 2.96. The number of rotatable bonds is 2. The second kappa shape index (κ2) is 5.57. The van der Waals surface area contributed by atoms with E-state index in [0.29, 0.717) is 20.6 Å². The molecule has 0 aromatic heterocycles. The van der Waals surface area contributed by atoms with Crippen LogP contribution in [0.25, 0.3) is 0 Å². The molecule has 19 heavy (non-hydrogen) atoms. The smallest absolute Gasteiger partial charge is 0.131 e. The number of aryl methyl sites for hydroxylation is 1. The van der Waals surface area contributed by atoms with Crippen LogP contribution in [0.15, 0.2) is 34.8 Å². The van der Waals surface area contributed by atoms with E-state index in [9.17, 15) is 8.78 Å². The number of nitrogens with two attached hydrogens (primary N) is 1. The van der Waals surface area contributed by atoms with Gasteiger partial charge in [0.2, 0.25) is 0 Å². The summed E-state index contributed by atoms with van der Waals surface area (Å²) in [7, 11) is 0. The van der Waals surface area contributed by atoms with Crippen molar-refractivity contribution in [3.63, 3.8) is 0 Å². The highest BCUT2D eigenvalue weighted by Crippen LogP contribution is 2.31. The number of halogens is 4. The van der Waals surface area contributed by atoms with Crippen LogP contribution < -0.4 is 5.73 Å². The Morgan fingerprint density at radius 2 is 1.79 bits per heavy atom.